The van der Waals surface area contributed by atoms with Crippen molar-refractivity contribution >= 4 is 29.1 Å². The highest BCUT2D eigenvalue weighted by Crippen LogP contribution is 2.21. The molecule has 5 rings (SSSR count). The zero-order valence-corrected chi connectivity index (χ0v) is 23.4. The normalized spacial score (nSPS) is 15.2. The molecule has 1 atom stereocenters. The second-order valence-electron chi connectivity index (χ2n) is 9.63. The van der Waals surface area contributed by atoms with Gasteiger partial charge in [0.2, 0.25) is 0 Å². The van der Waals surface area contributed by atoms with Crippen LogP contribution in [0.1, 0.15) is 35.2 Å². The predicted molar refractivity (Wildman–Crippen MR) is 152 cm³/mol. The van der Waals surface area contributed by atoms with Crippen LogP contribution in [-0.4, -0.2) is 57.7 Å². The Balaban J connectivity index is 1.42. The van der Waals surface area contributed by atoms with Gasteiger partial charge in [-0.25, -0.2) is 4.79 Å². The van der Waals surface area contributed by atoms with Crippen LogP contribution in [0.2, 0.25) is 5.02 Å². The number of carbonyl (C=O) groups is 1. The number of aromatic nitrogens is 4. The van der Waals surface area contributed by atoms with E-state index in [0.717, 1.165) is 35.7 Å². The highest BCUT2D eigenvalue weighted by atomic mass is 35.5. The Labute approximate surface area is 240 Å². The van der Waals surface area contributed by atoms with E-state index in [9.17, 15) is 14.4 Å². The number of nitrogens with zero attached hydrogens (tertiary/aromatic N) is 4. The van der Waals surface area contributed by atoms with Crippen LogP contribution in [0.15, 0.2) is 58.1 Å². The van der Waals surface area contributed by atoms with Gasteiger partial charge in [0, 0.05) is 24.2 Å². The quantitative estimate of drug-likeness (QED) is 0.184. The van der Waals surface area contributed by atoms with Crippen LogP contribution in [0.25, 0.3) is 11.2 Å². The lowest BCUT2D eigenvalue weighted by atomic mass is 10.2. The van der Waals surface area contributed by atoms with Gasteiger partial charge in [-0.3, -0.25) is 23.3 Å². The molecule has 0 aliphatic carbocycles. The number of imidazole rings is 1. The number of benzene rings is 2. The molecule has 1 unspecified atom stereocenters. The van der Waals surface area contributed by atoms with E-state index in [2.05, 4.69) is 4.98 Å². The van der Waals surface area contributed by atoms with Crippen molar-refractivity contribution in [1.82, 2.24) is 18.7 Å². The van der Waals surface area contributed by atoms with Crippen molar-refractivity contribution < 1.29 is 23.7 Å². The Kier molecular flexibility index (Phi) is 9.17. The van der Waals surface area contributed by atoms with Crippen LogP contribution < -0.4 is 20.7 Å². The van der Waals surface area contributed by atoms with E-state index in [1.807, 2.05) is 12.1 Å². The topological polar surface area (TPSA) is 116 Å². The fourth-order valence-electron chi connectivity index (χ4n) is 4.67. The molecule has 1 fully saturated rings. The molecule has 0 N–H and O–H groups in total. The Morgan fingerprint density at radius 2 is 1.85 bits per heavy atom. The summed E-state index contributed by atoms with van der Waals surface area (Å²) in [6.45, 7) is 1.38. The summed E-state index contributed by atoms with van der Waals surface area (Å²) in [5.41, 5.74) is 0.799. The lowest BCUT2D eigenvalue weighted by Gasteiger charge is -2.22. The van der Waals surface area contributed by atoms with E-state index in [0.29, 0.717) is 22.9 Å². The number of hydrogen-bond acceptors (Lipinski definition) is 8. The van der Waals surface area contributed by atoms with E-state index in [-0.39, 0.29) is 56.4 Å². The molecule has 2 aromatic carbocycles. The number of rotatable bonds is 12. The summed E-state index contributed by atoms with van der Waals surface area (Å²) in [6, 6.07) is 14.2. The molecule has 0 amide bonds. The molecule has 1 aliphatic rings. The van der Waals surface area contributed by atoms with Gasteiger partial charge in [0.25, 0.3) is 11.6 Å². The molecular weight excluding hydrogens is 552 g/mol. The van der Waals surface area contributed by atoms with Crippen molar-refractivity contribution in [3.8, 4) is 11.8 Å². The maximum Gasteiger partial charge on any atom is 0.332 e. The van der Waals surface area contributed by atoms with Crippen LogP contribution in [0.4, 0.5) is 0 Å². The summed E-state index contributed by atoms with van der Waals surface area (Å²) in [5, 5.41) is 0.586. The number of aldehydes is 1. The molecule has 12 heteroatoms. The standard InChI is InChI=1S/C29H31ClN4O7/c1-32-26-25(27(36)33(29(32)37)12-14-40-24-7-2-3-13-39-24)34(18-20-8-10-22(30)11-9-20)28(31-26)41-16-15-38-23-6-4-5-21(17-23)19-35/h4-6,8-11,17,19,24H,2-3,7,12-16,18H2,1H3. The fourth-order valence-corrected chi connectivity index (χ4v) is 4.79. The average Bonchev–Trinajstić information content (AvgIpc) is 3.35. The van der Waals surface area contributed by atoms with E-state index >= 15 is 0 Å². The summed E-state index contributed by atoms with van der Waals surface area (Å²) in [5.74, 6) is 0.527. The molecule has 2 aromatic heterocycles. The molecule has 0 bridgehead atoms. The third-order valence-electron chi connectivity index (χ3n) is 6.79. The first kappa shape index (κ1) is 28.6. The Morgan fingerprint density at radius 1 is 1.05 bits per heavy atom. The van der Waals surface area contributed by atoms with Crippen LogP contribution in [0, 0.1) is 0 Å². The second kappa shape index (κ2) is 13.2. The molecule has 0 radical (unpaired) electrons. The number of halogens is 1. The molecule has 4 aromatic rings. The Morgan fingerprint density at radius 3 is 2.61 bits per heavy atom. The lowest BCUT2D eigenvalue weighted by molar-refractivity contribution is -0.163. The summed E-state index contributed by atoms with van der Waals surface area (Å²) in [4.78, 5) is 42.4. The minimum atomic E-state index is -0.503. The number of ether oxygens (including phenoxy) is 4. The molecule has 41 heavy (non-hydrogen) atoms. The maximum atomic E-state index is 13.7. The average molecular weight is 583 g/mol. The van der Waals surface area contributed by atoms with Gasteiger partial charge < -0.3 is 18.9 Å². The van der Waals surface area contributed by atoms with Crippen molar-refractivity contribution in [1.29, 1.82) is 0 Å². The van der Waals surface area contributed by atoms with Crippen LogP contribution in [-0.2, 0) is 29.6 Å². The summed E-state index contributed by atoms with van der Waals surface area (Å²) >= 11 is 6.07. The molecule has 216 valence electrons. The van der Waals surface area contributed by atoms with Crippen molar-refractivity contribution in [2.45, 2.75) is 38.6 Å². The molecule has 1 aliphatic heterocycles. The Hall–Kier alpha value is -3.93. The smallest absolute Gasteiger partial charge is 0.332 e. The van der Waals surface area contributed by atoms with Gasteiger partial charge in [-0.05, 0) is 49.1 Å². The van der Waals surface area contributed by atoms with E-state index in [4.69, 9.17) is 30.5 Å². The number of carbonyl (C=O) groups excluding carboxylic acids is 1. The van der Waals surface area contributed by atoms with Gasteiger partial charge in [0.05, 0.1) is 19.7 Å². The summed E-state index contributed by atoms with van der Waals surface area (Å²) < 4.78 is 27.2. The highest BCUT2D eigenvalue weighted by molar-refractivity contribution is 6.30. The zero-order chi connectivity index (χ0) is 28.8. The van der Waals surface area contributed by atoms with Gasteiger partial charge >= 0.3 is 5.69 Å². The Bertz CT molecular complexity index is 1620. The molecule has 0 saturated carbocycles. The molecule has 0 spiro atoms. The summed E-state index contributed by atoms with van der Waals surface area (Å²) in [7, 11) is 1.57. The van der Waals surface area contributed by atoms with Gasteiger partial charge in [-0.2, -0.15) is 4.98 Å². The minimum absolute atomic E-state index is 0.0668. The SMILES string of the molecule is Cn1c(=O)n(CCOC2CCCCO2)c(=O)c2c1nc(OCCOc1cccc(C=O)c1)n2Cc1ccc(Cl)cc1. The van der Waals surface area contributed by atoms with Crippen molar-refractivity contribution in [3.05, 3.63) is 85.5 Å². The van der Waals surface area contributed by atoms with E-state index in [1.165, 1.54) is 4.57 Å². The van der Waals surface area contributed by atoms with Gasteiger partial charge in [-0.1, -0.05) is 35.9 Å². The van der Waals surface area contributed by atoms with Crippen LogP contribution in [0.5, 0.6) is 11.8 Å². The van der Waals surface area contributed by atoms with Gasteiger partial charge in [-0.15, -0.1) is 0 Å². The van der Waals surface area contributed by atoms with Crippen LogP contribution >= 0.6 is 11.6 Å². The minimum Gasteiger partial charge on any atom is -0.490 e. The third kappa shape index (κ3) is 6.70. The first-order chi connectivity index (χ1) is 19.9. The van der Waals surface area contributed by atoms with Crippen LogP contribution in [0.3, 0.4) is 0 Å². The first-order valence-electron chi connectivity index (χ1n) is 13.4. The van der Waals surface area contributed by atoms with Crippen molar-refractivity contribution in [3.63, 3.8) is 0 Å². The monoisotopic (exact) mass is 582 g/mol. The molecular formula is C29H31ClN4O7. The van der Waals surface area contributed by atoms with Gasteiger partial charge in [0.15, 0.2) is 17.5 Å². The second-order valence-corrected chi connectivity index (χ2v) is 10.1. The number of aryl methyl sites for hydroxylation is 1. The van der Waals surface area contributed by atoms with Gasteiger partial charge in [0.1, 0.15) is 25.2 Å². The predicted octanol–water partition coefficient (Wildman–Crippen LogP) is 3.41. The largest absolute Gasteiger partial charge is 0.490 e. The third-order valence-corrected chi connectivity index (χ3v) is 7.04. The molecule has 11 nitrogen and oxygen atoms in total. The fraction of sp³-hybridized carbons (Fsp3) is 0.379. The zero-order valence-electron chi connectivity index (χ0n) is 22.7. The highest BCUT2D eigenvalue weighted by Gasteiger charge is 2.22. The maximum absolute atomic E-state index is 13.7. The molecule has 3 heterocycles. The first-order valence-corrected chi connectivity index (χ1v) is 13.8. The lowest BCUT2D eigenvalue weighted by Crippen LogP contribution is -2.41. The number of fused-ring (bicyclic) bond motifs is 1. The molecule has 1 saturated heterocycles. The van der Waals surface area contributed by atoms with E-state index < -0.39 is 11.2 Å². The van der Waals surface area contributed by atoms with Crippen molar-refractivity contribution in [2.75, 3.05) is 26.4 Å². The number of hydrogen-bond donors (Lipinski definition) is 0. The van der Waals surface area contributed by atoms with E-state index in [1.54, 1.807) is 48.0 Å². The summed E-state index contributed by atoms with van der Waals surface area (Å²) in [6.07, 6.45) is 3.21. The van der Waals surface area contributed by atoms with Crippen molar-refractivity contribution in [2.24, 2.45) is 7.05 Å².